The zero-order valence-electron chi connectivity index (χ0n) is 15.2. The second kappa shape index (κ2) is 9.67. The molecular weight excluding hydrogens is 372 g/mol. The summed E-state index contributed by atoms with van der Waals surface area (Å²) in [6.07, 6.45) is 0.0539. The smallest absolute Gasteiger partial charge is 0.306 e. The molecule has 0 spiro atoms. The number of carbonyl (C=O) groups excluding carboxylic acids is 3. The number of benzene rings is 1. The molecule has 1 heterocycles. The van der Waals surface area contributed by atoms with E-state index in [0.29, 0.717) is 22.3 Å². The van der Waals surface area contributed by atoms with Crippen molar-refractivity contribution in [3.05, 3.63) is 23.6 Å². The van der Waals surface area contributed by atoms with Crippen LogP contribution in [0.15, 0.2) is 23.6 Å². The Morgan fingerprint density at radius 2 is 1.93 bits per heavy atom. The minimum atomic E-state index is -0.596. The number of aromatic nitrogens is 1. The molecule has 0 radical (unpaired) electrons. The fourth-order valence-electron chi connectivity index (χ4n) is 2.12. The number of amides is 1. The SMILES string of the molecule is COc1ccc(OC)c(-c2csc(NC(=O)COC(=O)CCC(C)=O)n2)c1. The van der Waals surface area contributed by atoms with E-state index in [9.17, 15) is 14.4 Å². The van der Waals surface area contributed by atoms with E-state index in [1.165, 1.54) is 18.3 Å². The van der Waals surface area contributed by atoms with Gasteiger partial charge < -0.3 is 19.0 Å². The summed E-state index contributed by atoms with van der Waals surface area (Å²) in [4.78, 5) is 38.5. The fourth-order valence-corrected chi connectivity index (χ4v) is 2.85. The van der Waals surface area contributed by atoms with Gasteiger partial charge in [0.2, 0.25) is 0 Å². The molecule has 0 aliphatic heterocycles. The summed E-state index contributed by atoms with van der Waals surface area (Å²) in [5, 5.41) is 4.70. The third-order valence-electron chi connectivity index (χ3n) is 3.48. The van der Waals surface area contributed by atoms with Crippen LogP contribution in [0, 0.1) is 0 Å². The lowest BCUT2D eigenvalue weighted by molar-refractivity contribution is -0.148. The van der Waals surface area contributed by atoms with Crippen LogP contribution in [0.3, 0.4) is 0 Å². The molecular formula is C18H20N2O6S. The largest absolute Gasteiger partial charge is 0.497 e. The molecule has 0 saturated carbocycles. The molecule has 1 aromatic carbocycles. The van der Waals surface area contributed by atoms with Crippen molar-refractivity contribution in [1.29, 1.82) is 0 Å². The van der Waals surface area contributed by atoms with E-state index >= 15 is 0 Å². The van der Waals surface area contributed by atoms with Crippen LogP contribution >= 0.6 is 11.3 Å². The monoisotopic (exact) mass is 392 g/mol. The molecule has 0 fully saturated rings. The summed E-state index contributed by atoms with van der Waals surface area (Å²) in [5.74, 6) is 0.0610. The van der Waals surface area contributed by atoms with Gasteiger partial charge >= 0.3 is 5.97 Å². The van der Waals surface area contributed by atoms with Crippen LogP contribution in [0.4, 0.5) is 5.13 Å². The van der Waals surface area contributed by atoms with Crippen molar-refractivity contribution in [2.45, 2.75) is 19.8 Å². The van der Waals surface area contributed by atoms with E-state index in [1.807, 2.05) is 0 Å². The summed E-state index contributed by atoms with van der Waals surface area (Å²) in [6.45, 7) is 0.950. The van der Waals surface area contributed by atoms with Gasteiger partial charge in [0.15, 0.2) is 11.7 Å². The van der Waals surface area contributed by atoms with Gasteiger partial charge in [-0.15, -0.1) is 11.3 Å². The maximum absolute atomic E-state index is 11.9. The number of ketones is 1. The number of Topliss-reactive ketones (excluding diaryl/α,β-unsaturated/α-hetero) is 1. The quantitative estimate of drug-likeness (QED) is 0.654. The van der Waals surface area contributed by atoms with Crippen molar-refractivity contribution >= 4 is 34.1 Å². The molecule has 0 aliphatic rings. The van der Waals surface area contributed by atoms with Crippen molar-refractivity contribution in [2.24, 2.45) is 0 Å². The first-order valence-electron chi connectivity index (χ1n) is 8.05. The predicted molar refractivity (Wildman–Crippen MR) is 100 cm³/mol. The average molecular weight is 392 g/mol. The van der Waals surface area contributed by atoms with Crippen LogP contribution < -0.4 is 14.8 Å². The van der Waals surface area contributed by atoms with Crippen molar-refractivity contribution in [3.63, 3.8) is 0 Å². The van der Waals surface area contributed by atoms with Gasteiger partial charge in [-0.2, -0.15) is 0 Å². The Labute approximate surface area is 160 Å². The predicted octanol–water partition coefficient (Wildman–Crippen LogP) is 2.68. The lowest BCUT2D eigenvalue weighted by Gasteiger charge is -2.08. The van der Waals surface area contributed by atoms with Crippen LogP contribution in [-0.2, 0) is 19.1 Å². The zero-order chi connectivity index (χ0) is 19.8. The summed E-state index contributed by atoms with van der Waals surface area (Å²) in [6, 6.07) is 5.33. The first kappa shape index (κ1) is 20.4. The van der Waals surface area contributed by atoms with Crippen molar-refractivity contribution in [2.75, 3.05) is 26.1 Å². The Hall–Kier alpha value is -2.94. The molecule has 0 unspecified atom stereocenters. The van der Waals surface area contributed by atoms with Gasteiger partial charge in [-0.1, -0.05) is 0 Å². The van der Waals surface area contributed by atoms with E-state index in [-0.39, 0.29) is 18.6 Å². The minimum absolute atomic E-state index is 0.0420. The number of carbonyl (C=O) groups is 3. The Bertz CT molecular complexity index is 833. The van der Waals surface area contributed by atoms with Crippen LogP contribution in [0.1, 0.15) is 19.8 Å². The van der Waals surface area contributed by atoms with Crippen LogP contribution in [-0.4, -0.2) is 43.5 Å². The Kier molecular flexibility index (Phi) is 7.30. The van der Waals surface area contributed by atoms with Gasteiger partial charge in [0.1, 0.15) is 17.3 Å². The standard InChI is InChI=1S/C18H20N2O6S/c1-11(21)4-7-17(23)26-9-16(22)20-18-19-14(10-27-18)13-8-12(24-2)5-6-15(13)25-3/h5-6,8,10H,4,7,9H2,1-3H3,(H,19,20,22). The summed E-state index contributed by atoms with van der Waals surface area (Å²) in [7, 11) is 3.12. The Morgan fingerprint density at radius 3 is 2.59 bits per heavy atom. The number of hydrogen-bond donors (Lipinski definition) is 1. The highest BCUT2D eigenvalue weighted by Crippen LogP contribution is 2.34. The number of ether oxygens (including phenoxy) is 3. The highest BCUT2D eigenvalue weighted by atomic mass is 32.1. The van der Waals surface area contributed by atoms with E-state index < -0.39 is 18.5 Å². The molecule has 0 aliphatic carbocycles. The topological polar surface area (TPSA) is 104 Å². The molecule has 2 aromatic rings. The Balaban J connectivity index is 1.97. The zero-order valence-corrected chi connectivity index (χ0v) is 16.1. The lowest BCUT2D eigenvalue weighted by atomic mass is 10.1. The van der Waals surface area contributed by atoms with Crippen molar-refractivity contribution < 1.29 is 28.6 Å². The van der Waals surface area contributed by atoms with E-state index in [2.05, 4.69) is 10.3 Å². The third kappa shape index (κ3) is 6.07. The molecule has 1 amide bonds. The van der Waals surface area contributed by atoms with Crippen LogP contribution in [0.2, 0.25) is 0 Å². The molecule has 0 bridgehead atoms. The Morgan fingerprint density at radius 1 is 1.15 bits per heavy atom. The number of anilines is 1. The molecule has 27 heavy (non-hydrogen) atoms. The van der Waals surface area contributed by atoms with E-state index in [0.717, 1.165) is 5.56 Å². The van der Waals surface area contributed by atoms with Crippen molar-refractivity contribution in [3.8, 4) is 22.8 Å². The number of methoxy groups -OCH3 is 2. The molecule has 8 nitrogen and oxygen atoms in total. The van der Waals surface area contributed by atoms with Crippen LogP contribution in [0.5, 0.6) is 11.5 Å². The molecule has 9 heteroatoms. The summed E-state index contributed by atoms with van der Waals surface area (Å²) < 4.78 is 15.4. The highest BCUT2D eigenvalue weighted by molar-refractivity contribution is 7.14. The number of esters is 1. The number of thiazole rings is 1. The van der Waals surface area contributed by atoms with E-state index in [4.69, 9.17) is 14.2 Å². The van der Waals surface area contributed by atoms with Gasteiger partial charge in [-0.05, 0) is 25.1 Å². The normalized spacial score (nSPS) is 10.2. The highest BCUT2D eigenvalue weighted by Gasteiger charge is 2.14. The second-order valence-corrected chi connectivity index (χ2v) is 6.37. The van der Waals surface area contributed by atoms with Gasteiger partial charge in [0, 0.05) is 17.4 Å². The first-order valence-corrected chi connectivity index (χ1v) is 8.93. The maximum atomic E-state index is 11.9. The first-order chi connectivity index (χ1) is 12.9. The number of rotatable bonds is 9. The molecule has 1 aromatic heterocycles. The molecule has 0 atom stereocenters. The fraction of sp³-hybridized carbons (Fsp3) is 0.333. The van der Waals surface area contributed by atoms with Crippen molar-refractivity contribution in [1.82, 2.24) is 4.98 Å². The van der Waals surface area contributed by atoms with E-state index in [1.54, 1.807) is 37.8 Å². The van der Waals surface area contributed by atoms with Crippen LogP contribution in [0.25, 0.3) is 11.3 Å². The lowest BCUT2D eigenvalue weighted by Crippen LogP contribution is -2.21. The summed E-state index contributed by atoms with van der Waals surface area (Å²) >= 11 is 1.23. The maximum Gasteiger partial charge on any atom is 0.306 e. The number of nitrogens with zero attached hydrogens (tertiary/aromatic N) is 1. The number of hydrogen-bond acceptors (Lipinski definition) is 8. The number of nitrogens with one attached hydrogen (secondary N) is 1. The van der Waals surface area contributed by atoms with Gasteiger partial charge in [-0.3, -0.25) is 14.9 Å². The summed E-state index contributed by atoms with van der Waals surface area (Å²) in [5.41, 5.74) is 1.34. The average Bonchev–Trinajstić information content (AvgIpc) is 3.12. The second-order valence-electron chi connectivity index (χ2n) is 5.51. The van der Waals surface area contributed by atoms with Gasteiger partial charge in [0.25, 0.3) is 5.91 Å². The third-order valence-corrected chi connectivity index (χ3v) is 4.24. The van der Waals surface area contributed by atoms with Gasteiger partial charge in [-0.25, -0.2) is 4.98 Å². The van der Waals surface area contributed by atoms with Gasteiger partial charge in [0.05, 0.1) is 26.3 Å². The minimum Gasteiger partial charge on any atom is -0.497 e. The molecule has 144 valence electrons. The molecule has 1 N–H and O–H groups in total. The molecule has 2 rings (SSSR count). The molecule has 0 saturated heterocycles.